The summed E-state index contributed by atoms with van der Waals surface area (Å²) in [5.74, 6) is -1.20. The molecule has 3 rings (SSSR count). The second-order valence-electron chi connectivity index (χ2n) is 5.34. The molecule has 0 aliphatic carbocycles. The summed E-state index contributed by atoms with van der Waals surface area (Å²) >= 11 is 1.36. The Balaban J connectivity index is 1.93. The topological polar surface area (TPSA) is 81.9 Å². The van der Waals surface area contributed by atoms with Crippen LogP contribution in [0.3, 0.4) is 0 Å². The number of thiophene rings is 1. The summed E-state index contributed by atoms with van der Waals surface area (Å²) < 4.78 is 10.3. The number of benzene rings is 1. The molecular formula is C17H18N2O4S. The number of hydrogen-bond donors (Lipinski definition) is 1. The second-order valence-corrected chi connectivity index (χ2v) is 6.37. The summed E-state index contributed by atoms with van der Waals surface area (Å²) in [5.41, 5.74) is 7.04. The molecule has 2 heterocycles. The summed E-state index contributed by atoms with van der Waals surface area (Å²) in [7, 11) is 0. The summed E-state index contributed by atoms with van der Waals surface area (Å²) in [4.78, 5) is 25.6. The van der Waals surface area contributed by atoms with Crippen LogP contribution in [0.4, 0.5) is 5.00 Å². The van der Waals surface area contributed by atoms with E-state index in [2.05, 4.69) is 4.90 Å². The predicted molar refractivity (Wildman–Crippen MR) is 92.3 cm³/mol. The molecule has 6 nitrogen and oxygen atoms in total. The first-order valence-electron chi connectivity index (χ1n) is 7.62. The molecule has 2 N–H and O–H groups in total. The van der Waals surface area contributed by atoms with Gasteiger partial charge in [-0.3, -0.25) is 4.79 Å². The molecule has 1 aliphatic heterocycles. The van der Waals surface area contributed by atoms with Crippen molar-refractivity contribution < 1.29 is 19.1 Å². The minimum Gasteiger partial charge on any atom is -0.451 e. The molecule has 1 aromatic carbocycles. The molecule has 0 radical (unpaired) electrons. The van der Waals surface area contributed by atoms with Gasteiger partial charge >= 0.3 is 5.97 Å². The molecule has 0 atom stereocenters. The lowest BCUT2D eigenvalue weighted by Gasteiger charge is -2.28. The van der Waals surface area contributed by atoms with Gasteiger partial charge in [-0.05, 0) is 11.6 Å². The van der Waals surface area contributed by atoms with Crippen LogP contribution in [0.5, 0.6) is 0 Å². The molecule has 1 amide bonds. The number of carbonyl (C=O) groups excluding carboxylic acids is 2. The monoisotopic (exact) mass is 346 g/mol. The average Bonchev–Trinajstić information content (AvgIpc) is 3.06. The van der Waals surface area contributed by atoms with Crippen molar-refractivity contribution in [3.8, 4) is 11.1 Å². The van der Waals surface area contributed by atoms with Crippen LogP contribution >= 0.6 is 11.3 Å². The Morgan fingerprint density at radius 2 is 1.92 bits per heavy atom. The van der Waals surface area contributed by atoms with Crippen molar-refractivity contribution in [1.82, 2.24) is 0 Å². The van der Waals surface area contributed by atoms with Gasteiger partial charge < -0.3 is 20.1 Å². The van der Waals surface area contributed by atoms with E-state index in [1.165, 1.54) is 11.3 Å². The first-order valence-corrected chi connectivity index (χ1v) is 8.44. The van der Waals surface area contributed by atoms with Gasteiger partial charge in [0, 0.05) is 18.7 Å². The Bertz CT molecular complexity index is 723. The fourth-order valence-corrected chi connectivity index (χ4v) is 3.64. The highest BCUT2D eigenvalue weighted by Crippen LogP contribution is 2.39. The van der Waals surface area contributed by atoms with Crippen LogP contribution in [0, 0.1) is 0 Å². The van der Waals surface area contributed by atoms with E-state index in [1.807, 2.05) is 36.4 Å². The minimum absolute atomic E-state index is 0.412. The molecule has 1 aromatic heterocycles. The number of amides is 1. The average molecular weight is 346 g/mol. The third kappa shape index (κ3) is 3.74. The maximum Gasteiger partial charge on any atom is 0.348 e. The summed E-state index contributed by atoms with van der Waals surface area (Å²) in [6.07, 6.45) is 0. The maximum absolute atomic E-state index is 12.2. The number of nitrogens with zero attached hydrogens (tertiary/aromatic N) is 1. The Hall–Kier alpha value is -2.38. The predicted octanol–water partition coefficient (Wildman–Crippen LogP) is 1.89. The van der Waals surface area contributed by atoms with E-state index < -0.39 is 18.5 Å². The summed E-state index contributed by atoms with van der Waals surface area (Å²) in [5, 5.41) is 1.01. The number of nitrogens with two attached hydrogens (primary N) is 1. The van der Waals surface area contributed by atoms with Crippen molar-refractivity contribution in [1.29, 1.82) is 0 Å². The molecule has 0 bridgehead atoms. The van der Waals surface area contributed by atoms with Crippen molar-refractivity contribution in [2.75, 3.05) is 37.8 Å². The number of carbonyl (C=O) groups is 2. The van der Waals surface area contributed by atoms with Crippen LogP contribution < -0.4 is 10.6 Å². The Kier molecular flexibility index (Phi) is 5.12. The molecular weight excluding hydrogens is 328 g/mol. The van der Waals surface area contributed by atoms with Crippen molar-refractivity contribution in [2.24, 2.45) is 5.73 Å². The van der Waals surface area contributed by atoms with Gasteiger partial charge in [-0.25, -0.2) is 4.79 Å². The van der Waals surface area contributed by atoms with Crippen molar-refractivity contribution in [3.05, 3.63) is 41.3 Å². The fraction of sp³-hybridized carbons (Fsp3) is 0.294. The molecule has 0 unspecified atom stereocenters. The van der Waals surface area contributed by atoms with E-state index in [-0.39, 0.29) is 0 Å². The van der Waals surface area contributed by atoms with Crippen LogP contribution in [-0.4, -0.2) is 44.8 Å². The summed E-state index contributed by atoms with van der Waals surface area (Å²) in [6, 6.07) is 11.7. The SMILES string of the molecule is NC(=O)COC(=O)c1cc(-c2ccccc2)c(N2CCOCC2)s1. The van der Waals surface area contributed by atoms with Crippen LogP contribution in [-0.2, 0) is 14.3 Å². The minimum atomic E-state index is -0.670. The zero-order valence-electron chi connectivity index (χ0n) is 13.1. The quantitative estimate of drug-likeness (QED) is 0.836. The molecule has 24 heavy (non-hydrogen) atoms. The molecule has 0 saturated carbocycles. The molecule has 7 heteroatoms. The van der Waals surface area contributed by atoms with Crippen molar-refractivity contribution >= 4 is 28.2 Å². The number of esters is 1. The number of primary amides is 1. The van der Waals surface area contributed by atoms with E-state index in [1.54, 1.807) is 0 Å². The number of rotatable bonds is 5. The standard InChI is InChI=1S/C17H18N2O4S/c18-15(20)11-23-17(21)14-10-13(12-4-2-1-3-5-12)16(24-14)19-6-8-22-9-7-19/h1-5,10H,6-9,11H2,(H2,18,20). The van der Waals surface area contributed by atoms with Crippen LogP contribution in [0.25, 0.3) is 11.1 Å². The number of hydrogen-bond acceptors (Lipinski definition) is 6. The molecule has 1 aliphatic rings. The number of anilines is 1. The first-order chi connectivity index (χ1) is 11.6. The number of ether oxygens (including phenoxy) is 2. The summed E-state index contributed by atoms with van der Waals surface area (Å²) in [6.45, 7) is 2.46. The first kappa shape index (κ1) is 16.5. The van der Waals surface area contributed by atoms with Gasteiger partial charge in [0.1, 0.15) is 4.88 Å². The molecule has 0 spiro atoms. The normalized spacial score (nSPS) is 14.4. The smallest absolute Gasteiger partial charge is 0.348 e. The molecule has 126 valence electrons. The Morgan fingerprint density at radius 1 is 1.21 bits per heavy atom. The highest BCUT2D eigenvalue weighted by Gasteiger charge is 2.22. The number of morpholine rings is 1. The van der Waals surface area contributed by atoms with Gasteiger partial charge in [-0.2, -0.15) is 0 Å². The lowest BCUT2D eigenvalue weighted by molar-refractivity contribution is -0.121. The lowest BCUT2D eigenvalue weighted by Crippen LogP contribution is -2.35. The molecule has 2 aromatic rings. The van der Waals surface area contributed by atoms with E-state index >= 15 is 0 Å². The van der Waals surface area contributed by atoms with E-state index in [4.69, 9.17) is 15.2 Å². The highest BCUT2D eigenvalue weighted by atomic mass is 32.1. The van der Waals surface area contributed by atoms with Crippen LogP contribution in [0.1, 0.15) is 9.67 Å². The largest absolute Gasteiger partial charge is 0.451 e. The van der Waals surface area contributed by atoms with Crippen LogP contribution in [0.15, 0.2) is 36.4 Å². The van der Waals surface area contributed by atoms with Crippen LogP contribution in [0.2, 0.25) is 0 Å². The zero-order valence-corrected chi connectivity index (χ0v) is 13.9. The molecule has 1 saturated heterocycles. The third-order valence-corrected chi connectivity index (χ3v) is 4.82. The zero-order chi connectivity index (χ0) is 16.9. The van der Waals surface area contributed by atoms with Crippen molar-refractivity contribution in [2.45, 2.75) is 0 Å². The highest BCUT2D eigenvalue weighted by molar-refractivity contribution is 7.18. The van der Waals surface area contributed by atoms with Gasteiger partial charge in [0.15, 0.2) is 6.61 Å². The van der Waals surface area contributed by atoms with Gasteiger partial charge in [-0.1, -0.05) is 30.3 Å². The van der Waals surface area contributed by atoms with Gasteiger partial charge in [0.25, 0.3) is 5.91 Å². The molecule has 1 fully saturated rings. The van der Waals surface area contributed by atoms with E-state index in [9.17, 15) is 9.59 Å². The Morgan fingerprint density at radius 3 is 2.58 bits per heavy atom. The third-order valence-electron chi connectivity index (χ3n) is 3.64. The van der Waals surface area contributed by atoms with E-state index in [0.29, 0.717) is 18.1 Å². The Labute approximate surface area is 143 Å². The maximum atomic E-state index is 12.2. The van der Waals surface area contributed by atoms with Gasteiger partial charge in [-0.15, -0.1) is 11.3 Å². The van der Waals surface area contributed by atoms with Crippen molar-refractivity contribution in [3.63, 3.8) is 0 Å². The van der Waals surface area contributed by atoms with Gasteiger partial charge in [0.05, 0.1) is 18.2 Å². The van der Waals surface area contributed by atoms with Gasteiger partial charge in [0.2, 0.25) is 0 Å². The second kappa shape index (κ2) is 7.46. The fourth-order valence-electron chi connectivity index (χ4n) is 2.52. The van der Waals surface area contributed by atoms with E-state index in [0.717, 1.165) is 29.2 Å². The lowest BCUT2D eigenvalue weighted by atomic mass is 10.1.